The number of thioether (sulfide) groups is 1. The fourth-order valence-electron chi connectivity index (χ4n) is 1.39. The molecule has 0 saturated heterocycles. The van der Waals surface area contributed by atoms with Crippen molar-refractivity contribution in [2.24, 2.45) is 5.73 Å². The predicted octanol–water partition coefficient (Wildman–Crippen LogP) is 2.00. The van der Waals surface area contributed by atoms with Gasteiger partial charge in [-0.15, -0.1) is 0 Å². The van der Waals surface area contributed by atoms with Gasteiger partial charge in [0, 0.05) is 23.4 Å². The van der Waals surface area contributed by atoms with E-state index >= 15 is 0 Å². The van der Waals surface area contributed by atoms with Gasteiger partial charge in [0.1, 0.15) is 0 Å². The molecule has 0 aromatic heterocycles. The summed E-state index contributed by atoms with van der Waals surface area (Å²) in [6.45, 7) is 2.30. The van der Waals surface area contributed by atoms with Crippen LogP contribution >= 0.6 is 11.8 Å². The Kier molecular flexibility index (Phi) is 6.34. The molecule has 1 aromatic carbocycles. The second kappa shape index (κ2) is 7.80. The van der Waals surface area contributed by atoms with E-state index in [-0.39, 0.29) is 5.91 Å². The van der Waals surface area contributed by atoms with Gasteiger partial charge in [0.2, 0.25) is 5.91 Å². The molecule has 0 aliphatic rings. The topological polar surface area (TPSA) is 55.1 Å². The van der Waals surface area contributed by atoms with Crippen molar-refractivity contribution in [1.29, 1.82) is 0 Å². The zero-order valence-electron chi connectivity index (χ0n) is 10.7. The van der Waals surface area contributed by atoms with Crippen LogP contribution in [0.4, 0.5) is 5.69 Å². The second-order valence-corrected chi connectivity index (χ2v) is 4.81. The average Bonchev–Trinajstić information content (AvgIpc) is 2.37. The Balaban J connectivity index is 2.77. The first kappa shape index (κ1) is 14.6. The molecule has 0 spiro atoms. The molecule has 0 unspecified atom stereocenters. The van der Waals surface area contributed by atoms with Crippen molar-refractivity contribution in [2.45, 2.75) is 13.3 Å². The number of rotatable bonds is 4. The first-order chi connectivity index (χ1) is 8.67. The van der Waals surface area contributed by atoms with Crippen LogP contribution < -0.4 is 11.1 Å². The number of aryl methyl sites for hydroxylation is 1. The van der Waals surface area contributed by atoms with E-state index in [0.29, 0.717) is 13.0 Å². The van der Waals surface area contributed by atoms with Crippen molar-refractivity contribution in [3.8, 4) is 11.8 Å². The fourth-order valence-corrected chi connectivity index (χ4v) is 1.78. The molecule has 1 aromatic rings. The van der Waals surface area contributed by atoms with Gasteiger partial charge in [-0.05, 0) is 30.9 Å². The molecular formula is C14H18N2OS. The largest absolute Gasteiger partial charge is 0.326 e. The van der Waals surface area contributed by atoms with Gasteiger partial charge in [-0.1, -0.05) is 17.9 Å². The first-order valence-corrected chi connectivity index (χ1v) is 7.15. The van der Waals surface area contributed by atoms with E-state index in [0.717, 1.165) is 22.6 Å². The number of benzene rings is 1. The molecule has 3 N–H and O–H groups in total. The molecule has 0 radical (unpaired) electrons. The minimum Gasteiger partial charge on any atom is -0.326 e. The van der Waals surface area contributed by atoms with Crippen LogP contribution in [0.5, 0.6) is 0 Å². The number of anilines is 1. The van der Waals surface area contributed by atoms with Crippen molar-refractivity contribution in [3.05, 3.63) is 29.3 Å². The second-order valence-electron chi connectivity index (χ2n) is 3.83. The molecule has 0 heterocycles. The number of nitrogens with one attached hydrogen (secondary N) is 1. The molecule has 0 bridgehead atoms. The van der Waals surface area contributed by atoms with Crippen molar-refractivity contribution in [2.75, 3.05) is 23.9 Å². The Morgan fingerprint density at radius 2 is 2.28 bits per heavy atom. The Morgan fingerprint density at radius 1 is 1.50 bits per heavy atom. The van der Waals surface area contributed by atoms with Crippen LogP contribution in [0.2, 0.25) is 0 Å². The smallest absolute Gasteiger partial charge is 0.225 e. The van der Waals surface area contributed by atoms with Crippen molar-refractivity contribution in [1.82, 2.24) is 0 Å². The molecule has 1 rings (SSSR count). The lowest BCUT2D eigenvalue weighted by atomic mass is 10.1. The Bertz CT molecular complexity index is 474. The van der Waals surface area contributed by atoms with Crippen LogP contribution in [0, 0.1) is 18.8 Å². The van der Waals surface area contributed by atoms with Crippen LogP contribution in [-0.4, -0.2) is 24.5 Å². The molecule has 1 amide bonds. The number of amides is 1. The van der Waals surface area contributed by atoms with E-state index in [1.165, 1.54) is 0 Å². The summed E-state index contributed by atoms with van der Waals surface area (Å²) in [5, 5.41) is 2.91. The summed E-state index contributed by atoms with van der Waals surface area (Å²) in [5.74, 6) is 6.63. The van der Waals surface area contributed by atoms with Crippen LogP contribution in [-0.2, 0) is 4.79 Å². The van der Waals surface area contributed by atoms with Gasteiger partial charge < -0.3 is 11.1 Å². The summed E-state index contributed by atoms with van der Waals surface area (Å²) in [5.41, 5.74) is 8.06. The number of nitrogens with two attached hydrogens (primary N) is 1. The monoisotopic (exact) mass is 262 g/mol. The number of carbonyl (C=O) groups is 1. The van der Waals surface area contributed by atoms with Gasteiger partial charge in [-0.25, -0.2) is 0 Å². The third kappa shape index (κ3) is 4.82. The normalized spacial score (nSPS) is 9.50. The van der Waals surface area contributed by atoms with E-state index in [9.17, 15) is 4.79 Å². The third-order valence-corrected chi connectivity index (χ3v) is 2.99. The number of hydrogen-bond donors (Lipinski definition) is 2. The van der Waals surface area contributed by atoms with E-state index < -0.39 is 0 Å². The van der Waals surface area contributed by atoms with Crippen molar-refractivity contribution < 1.29 is 4.79 Å². The number of carbonyl (C=O) groups excluding carboxylic acids is 1. The van der Waals surface area contributed by atoms with Crippen LogP contribution in [0.25, 0.3) is 0 Å². The van der Waals surface area contributed by atoms with Crippen LogP contribution in [0.1, 0.15) is 17.5 Å². The van der Waals surface area contributed by atoms with Gasteiger partial charge in [0.15, 0.2) is 0 Å². The highest BCUT2D eigenvalue weighted by molar-refractivity contribution is 7.98. The maximum Gasteiger partial charge on any atom is 0.225 e. The van der Waals surface area contributed by atoms with E-state index in [1.54, 1.807) is 11.8 Å². The zero-order chi connectivity index (χ0) is 13.4. The molecule has 0 fully saturated rings. The van der Waals surface area contributed by atoms with Crippen LogP contribution in [0.15, 0.2) is 18.2 Å². The van der Waals surface area contributed by atoms with E-state index in [2.05, 4.69) is 17.2 Å². The van der Waals surface area contributed by atoms with Crippen molar-refractivity contribution in [3.63, 3.8) is 0 Å². The summed E-state index contributed by atoms with van der Waals surface area (Å²) in [6.07, 6.45) is 2.51. The molecule has 18 heavy (non-hydrogen) atoms. The molecule has 96 valence electrons. The standard InChI is InChI=1S/C14H18N2OS/c1-11-5-6-12(4-3-8-15)10-13(11)16-14(17)7-9-18-2/h5-6,10H,7-9,15H2,1-2H3,(H,16,17). The predicted molar refractivity (Wildman–Crippen MR) is 78.7 cm³/mol. The summed E-state index contributed by atoms with van der Waals surface area (Å²) < 4.78 is 0. The summed E-state index contributed by atoms with van der Waals surface area (Å²) in [7, 11) is 0. The van der Waals surface area contributed by atoms with Gasteiger partial charge in [-0.2, -0.15) is 11.8 Å². The lowest BCUT2D eigenvalue weighted by molar-refractivity contribution is -0.115. The lowest BCUT2D eigenvalue weighted by Crippen LogP contribution is -2.13. The fraction of sp³-hybridized carbons (Fsp3) is 0.357. The highest BCUT2D eigenvalue weighted by Gasteiger charge is 2.04. The Hall–Kier alpha value is -1.44. The molecule has 4 heteroatoms. The molecule has 0 atom stereocenters. The van der Waals surface area contributed by atoms with Crippen molar-refractivity contribution >= 4 is 23.4 Å². The minimum atomic E-state index is 0.0383. The summed E-state index contributed by atoms with van der Waals surface area (Å²) in [6, 6.07) is 5.76. The maximum absolute atomic E-state index is 11.7. The van der Waals surface area contributed by atoms with Gasteiger partial charge in [0.25, 0.3) is 0 Å². The molecular weight excluding hydrogens is 244 g/mol. The van der Waals surface area contributed by atoms with E-state index in [1.807, 2.05) is 31.4 Å². The third-order valence-electron chi connectivity index (χ3n) is 2.38. The Labute approximate surface area is 113 Å². The SMILES string of the molecule is CSCCC(=O)Nc1cc(C#CCN)ccc1C. The lowest BCUT2D eigenvalue weighted by Gasteiger charge is -2.08. The average molecular weight is 262 g/mol. The summed E-state index contributed by atoms with van der Waals surface area (Å²) in [4.78, 5) is 11.7. The molecule has 0 aliphatic heterocycles. The first-order valence-electron chi connectivity index (χ1n) is 5.75. The highest BCUT2D eigenvalue weighted by Crippen LogP contribution is 2.16. The van der Waals surface area contributed by atoms with Gasteiger partial charge in [-0.3, -0.25) is 4.79 Å². The maximum atomic E-state index is 11.7. The highest BCUT2D eigenvalue weighted by atomic mass is 32.2. The van der Waals surface area contributed by atoms with Crippen LogP contribution in [0.3, 0.4) is 0 Å². The van der Waals surface area contributed by atoms with Gasteiger partial charge in [0.05, 0.1) is 6.54 Å². The Morgan fingerprint density at radius 3 is 2.94 bits per heavy atom. The molecule has 0 saturated carbocycles. The quantitative estimate of drug-likeness (QED) is 0.816. The summed E-state index contributed by atoms with van der Waals surface area (Å²) >= 11 is 1.66. The number of hydrogen-bond acceptors (Lipinski definition) is 3. The molecule has 3 nitrogen and oxygen atoms in total. The zero-order valence-corrected chi connectivity index (χ0v) is 11.6. The van der Waals surface area contributed by atoms with Gasteiger partial charge >= 0.3 is 0 Å². The van der Waals surface area contributed by atoms with E-state index in [4.69, 9.17) is 5.73 Å². The molecule has 0 aliphatic carbocycles. The minimum absolute atomic E-state index is 0.0383.